The van der Waals surface area contributed by atoms with Crippen molar-refractivity contribution >= 4 is 19.8 Å². The van der Waals surface area contributed by atoms with Crippen LogP contribution in [-0.2, 0) is 28.2 Å². The van der Waals surface area contributed by atoms with E-state index in [-0.39, 0.29) is 19.4 Å². The highest BCUT2D eigenvalue weighted by Gasteiger charge is 2.22. The smallest absolute Gasteiger partial charge is 0.462 e. The van der Waals surface area contributed by atoms with Crippen molar-refractivity contribution in [2.75, 3.05) is 13.2 Å². The third-order valence-corrected chi connectivity index (χ3v) is 6.77. The summed E-state index contributed by atoms with van der Waals surface area (Å²) >= 11 is 0. The molecule has 0 amide bonds. The SMILES string of the molecule is CCCCCCCC/C=C\CCCCCCCCCC(=O)OC(COC(=O)CCCCC)COP(=O)(O)O. The number of hydrogen-bond acceptors (Lipinski definition) is 6. The molecule has 0 fully saturated rings. The van der Waals surface area contributed by atoms with Gasteiger partial charge in [0.1, 0.15) is 6.61 Å². The maximum absolute atomic E-state index is 12.2. The van der Waals surface area contributed by atoms with E-state index in [1.165, 1.54) is 64.2 Å². The lowest BCUT2D eigenvalue weighted by atomic mass is 10.1. The summed E-state index contributed by atoms with van der Waals surface area (Å²) in [5, 5.41) is 0. The van der Waals surface area contributed by atoms with Crippen molar-refractivity contribution in [3.05, 3.63) is 12.2 Å². The number of phosphoric acid groups is 1. The van der Waals surface area contributed by atoms with E-state index >= 15 is 0 Å². The Bertz CT molecular complexity index is 646. The lowest BCUT2D eigenvalue weighted by Crippen LogP contribution is -2.29. The number of hydrogen-bond donors (Lipinski definition) is 2. The van der Waals surface area contributed by atoms with Gasteiger partial charge in [-0.3, -0.25) is 14.1 Å². The molecule has 0 aliphatic rings. The van der Waals surface area contributed by atoms with Gasteiger partial charge in [-0.1, -0.05) is 103 Å². The van der Waals surface area contributed by atoms with E-state index in [4.69, 9.17) is 19.3 Å². The fraction of sp³-hybridized carbons (Fsp3) is 0.862. The standard InChI is InChI=1S/C29H55O8P/c1-3-5-7-8-9-10-11-12-13-14-15-16-17-18-19-20-22-24-29(31)37-27(26-36-38(32,33)34)25-35-28(30)23-21-6-4-2/h12-13,27H,3-11,14-26H2,1-2H3,(H2,32,33,34)/b13-12-. The molecule has 0 rings (SSSR count). The van der Waals surface area contributed by atoms with Crippen molar-refractivity contribution in [2.45, 2.75) is 148 Å². The van der Waals surface area contributed by atoms with Crippen molar-refractivity contribution < 1.29 is 37.9 Å². The maximum Gasteiger partial charge on any atom is 0.469 e. The molecule has 9 heteroatoms. The predicted molar refractivity (Wildman–Crippen MR) is 152 cm³/mol. The molecule has 0 aromatic heterocycles. The first-order valence-corrected chi connectivity index (χ1v) is 16.5. The minimum atomic E-state index is -4.72. The molecule has 0 bridgehead atoms. The molecule has 0 radical (unpaired) electrons. The molecule has 1 unspecified atom stereocenters. The van der Waals surface area contributed by atoms with Crippen LogP contribution in [0.4, 0.5) is 0 Å². The van der Waals surface area contributed by atoms with E-state index < -0.39 is 32.5 Å². The average molecular weight is 563 g/mol. The van der Waals surface area contributed by atoms with Gasteiger partial charge in [0.05, 0.1) is 6.61 Å². The van der Waals surface area contributed by atoms with Gasteiger partial charge in [0.2, 0.25) is 0 Å². The zero-order chi connectivity index (χ0) is 28.3. The summed E-state index contributed by atoms with van der Waals surface area (Å²) < 4.78 is 25.8. The molecule has 224 valence electrons. The molecule has 0 heterocycles. The second-order valence-corrected chi connectivity index (χ2v) is 11.3. The van der Waals surface area contributed by atoms with Gasteiger partial charge in [0.25, 0.3) is 0 Å². The Morgan fingerprint density at radius 2 is 1.11 bits per heavy atom. The Labute approximate surface area is 231 Å². The third-order valence-electron chi connectivity index (χ3n) is 6.28. The van der Waals surface area contributed by atoms with Crippen LogP contribution in [-0.4, -0.2) is 41.0 Å². The van der Waals surface area contributed by atoms with Crippen LogP contribution in [0.2, 0.25) is 0 Å². The van der Waals surface area contributed by atoms with Crippen molar-refractivity contribution in [3.63, 3.8) is 0 Å². The van der Waals surface area contributed by atoms with Crippen molar-refractivity contribution in [1.29, 1.82) is 0 Å². The minimum absolute atomic E-state index is 0.209. The molecule has 38 heavy (non-hydrogen) atoms. The van der Waals surface area contributed by atoms with Crippen molar-refractivity contribution in [1.82, 2.24) is 0 Å². The number of carbonyl (C=O) groups excluding carboxylic acids is 2. The largest absolute Gasteiger partial charge is 0.469 e. The van der Waals surface area contributed by atoms with E-state index in [1.54, 1.807) is 0 Å². The molecule has 0 aromatic rings. The predicted octanol–water partition coefficient (Wildman–Crippen LogP) is 7.95. The average Bonchev–Trinajstić information content (AvgIpc) is 2.87. The second-order valence-electron chi connectivity index (χ2n) is 10.1. The van der Waals surface area contributed by atoms with Gasteiger partial charge in [-0.15, -0.1) is 0 Å². The maximum atomic E-state index is 12.2. The van der Waals surface area contributed by atoms with Crippen LogP contribution in [0.3, 0.4) is 0 Å². The number of phosphoric ester groups is 1. The number of unbranched alkanes of at least 4 members (excludes halogenated alkanes) is 15. The van der Waals surface area contributed by atoms with E-state index in [0.717, 1.165) is 38.5 Å². The van der Waals surface area contributed by atoms with Gasteiger partial charge in [0.15, 0.2) is 6.10 Å². The Morgan fingerprint density at radius 3 is 1.66 bits per heavy atom. The monoisotopic (exact) mass is 562 g/mol. The summed E-state index contributed by atoms with van der Waals surface area (Å²) in [4.78, 5) is 41.8. The fourth-order valence-electron chi connectivity index (χ4n) is 4.01. The number of esters is 2. The van der Waals surface area contributed by atoms with Crippen LogP contribution in [0.1, 0.15) is 142 Å². The second kappa shape index (κ2) is 26.0. The molecule has 2 N–H and O–H groups in total. The minimum Gasteiger partial charge on any atom is -0.462 e. The van der Waals surface area contributed by atoms with Gasteiger partial charge in [-0.05, 0) is 38.5 Å². The van der Waals surface area contributed by atoms with Crippen LogP contribution in [0, 0.1) is 0 Å². The summed E-state index contributed by atoms with van der Waals surface area (Å²) in [6.07, 6.45) is 24.5. The van der Waals surface area contributed by atoms with E-state index in [2.05, 4.69) is 23.6 Å². The van der Waals surface area contributed by atoms with Gasteiger partial charge in [-0.2, -0.15) is 0 Å². The normalized spacial score (nSPS) is 12.6. The quantitative estimate of drug-likeness (QED) is 0.0448. The highest BCUT2D eigenvalue weighted by Crippen LogP contribution is 2.35. The van der Waals surface area contributed by atoms with E-state index in [9.17, 15) is 14.2 Å². The summed E-state index contributed by atoms with van der Waals surface area (Å²) in [6.45, 7) is 3.45. The third kappa shape index (κ3) is 27.8. The van der Waals surface area contributed by atoms with Crippen LogP contribution in [0.25, 0.3) is 0 Å². The Balaban J connectivity index is 3.87. The van der Waals surface area contributed by atoms with Gasteiger partial charge in [-0.25, -0.2) is 4.57 Å². The highest BCUT2D eigenvalue weighted by atomic mass is 31.2. The molecule has 0 saturated heterocycles. The fourth-order valence-corrected chi connectivity index (χ4v) is 4.37. The molecular weight excluding hydrogens is 507 g/mol. The first kappa shape index (κ1) is 36.8. The first-order chi connectivity index (χ1) is 18.3. The number of allylic oxidation sites excluding steroid dienone is 2. The molecule has 1 atom stereocenters. The topological polar surface area (TPSA) is 119 Å². The number of rotatable bonds is 27. The highest BCUT2D eigenvalue weighted by molar-refractivity contribution is 7.46. The van der Waals surface area contributed by atoms with Crippen LogP contribution >= 0.6 is 7.82 Å². The zero-order valence-corrected chi connectivity index (χ0v) is 25.0. The summed E-state index contributed by atoms with van der Waals surface area (Å²) in [6, 6.07) is 0. The molecule has 0 saturated carbocycles. The van der Waals surface area contributed by atoms with Gasteiger partial charge < -0.3 is 19.3 Å². The summed E-state index contributed by atoms with van der Waals surface area (Å²) in [7, 11) is -4.72. The Hall–Kier alpha value is -1.21. The Morgan fingerprint density at radius 1 is 0.658 bits per heavy atom. The van der Waals surface area contributed by atoms with Crippen molar-refractivity contribution in [2.24, 2.45) is 0 Å². The molecule has 0 aromatic carbocycles. The van der Waals surface area contributed by atoms with E-state index in [0.29, 0.717) is 12.8 Å². The molecular formula is C29H55O8P. The molecule has 0 spiro atoms. The molecule has 0 aliphatic heterocycles. The number of ether oxygens (including phenoxy) is 2. The molecule has 0 aliphatic carbocycles. The van der Waals surface area contributed by atoms with Crippen LogP contribution < -0.4 is 0 Å². The van der Waals surface area contributed by atoms with Gasteiger partial charge in [0, 0.05) is 12.8 Å². The molecule has 8 nitrogen and oxygen atoms in total. The number of carbonyl (C=O) groups is 2. The van der Waals surface area contributed by atoms with Crippen LogP contribution in [0.5, 0.6) is 0 Å². The van der Waals surface area contributed by atoms with E-state index in [1.807, 2.05) is 6.92 Å². The lowest BCUT2D eigenvalue weighted by molar-refractivity contribution is -0.161. The zero-order valence-electron chi connectivity index (χ0n) is 24.1. The van der Waals surface area contributed by atoms with Crippen molar-refractivity contribution in [3.8, 4) is 0 Å². The lowest BCUT2D eigenvalue weighted by Gasteiger charge is -2.18. The van der Waals surface area contributed by atoms with Crippen LogP contribution in [0.15, 0.2) is 12.2 Å². The Kier molecular flexibility index (Phi) is 25.2. The first-order valence-electron chi connectivity index (χ1n) is 15.0. The van der Waals surface area contributed by atoms with Gasteiger partial charge >= 0.3 is 19.8 Å². The summed E-state index contributed by atoms with van der Waals surface area (Å²) in [5.74, 6) is -0.918. The summed E-state index contributed by atoms with van der Waals surface area (Å²) in [5.41, 5.74) is 0.